The van der Waals surface area contributed by atoms with Gasteiger partial charge in [0.15, 0.2) is 0 Å². The van der Waals surface area contributed by atoms with E-state index in [4.69, 9.17) is 0 Å². The summed E-state index contributed by atoms with van der Waals surface area (Å²) in [5, 5.41) is 10.2. The number of carbonyl (C=O) groups is 1. The largest absolute Gasteiger partial charge is 0.387 e. The minimum absolute atomic E-state index is 0.200. The van der Waals surface area contributed by atoms with E-state index in [1.165, 1.54) is 0 Å². The number of hydrogen-bond donors (Lipinski definition) is 1. The molecule has 0 aromatic heterocycles. The highest BCUT2D eigenvalue weighted by Crippen LogP contribution is 2.25. The lowest BCUT2D eigenvalue weighted by Gasteiger charge is -2.46. The maximum Gasteiger partial charge on any atom is 0.236 e. The van der Waals surface area contributed by atoms with Gasteiger partial charge in [0.2, 0.25) is 5.91 Å². The highest BCUT2D eigenvalue weighted by molar-refractivity contribution is 5.78. The molecule has 1 fully saturated rings. The Morgan fingerprint density at radius 2 is 1.70 bits per heavy atom. The van der Waals surface area contributed by atoms with Crippen LogP contribution in [0.4, 0.5) is 0 Å². The molecule has 1 aliphatic rings. The van der Waals surface area contributed by atoms with Gasteiger partial charge in [0.25, 0.3) is 0 Å². The summed E-state index contributed by atoms with van der Waals surface area (Å²) in [7, 11) is 0. The van der Waals surface area contributed by atoms with Gasteiger partial charge >= 0.3 is 0 Å². The van der Waals surface area contributed by atoms with Crippen LogP contribution in [0.2, 0.25) is 0 Å². The summed E-state index contributed by atoms with van der Waals surface area (Å²) < 4.78 is 0. The van der Waals surface area contributed by atoms with Crippen LogP contribution in [-0.4, -0.2) is 59.1 Å². The van der Waals surface area contributed by atoms with Gasteiger partial charge in [-0.05, 0) is 18.3 Å². The zero-order valence-corrected chi connectivity index (χ0v) is 13.9. The molecule has 0 aromatic carbocycles. The molecule has 1 N–H and O–H groups in total. The average Bonchev–Trinajstić information content (AvgIpc) is 2.24. The Kier molecular flexibility index (Phi) is 6.46. The van der Waals surface area contributed by atoms with E-state index in [2.05, 4.69) is 39.5 Å². The molecule has 0 atom stereocenters. The predicted octanol–water partition coefficient (Wildman–Crippen LogP) is 1.97. The maximum atomic E-state index is 12.4. The van der Waals surface area contributed by atoms with Gasteiger partial charge in [-0.2, -0.15) is 0 Å². The molecule has 0 spiro atoms. The fourth-order valence-electron chi connectivity index (χ4n) is 2.97. The van der Waals surface area contributed by atoms with Gasteiger partial charge in [0.1, 0.15) is 0 Å². The molecule has 4 heteroatoms. The quantitative estimate of drug-likeness (QED) is 0.741. The number of amides is 1. The number of nitrogens with zero attached hydrogens (tertiary/aromatic N) is 2. The SMILES string of the molecule is CCCC1(O)CN(CC(=O)N(CC(C)C)CC(C)C)C1. The average molecular weight is 284 g/mol. The summed E-state index contributed by atoms with van der Waals surface area (Å²) in [4.78, 5) is 16.4. The van der Waals surface area contributed by atoms with Crippen LogP contribution in [0.15, 0.2) is 0 Å². The van der Waals surface area contributed by atoms with Crippen molar-refractivity contribution in [3.63, 3.8) is 0 Å². The lowest BCUT2D eigenvalue weighted by Crippen LogP contribution is -2.63. The number of aliphatic hydroxyl groups is 1. The summed E-state index contributed by atoms with van der Waals surface area (Å²) in [6, 6.07) is 0. The van der Waals surface area contributed by atoms with Gasteiger partial charge in [-0.1, -0.05) is 41.0 Å². The van der Waals surface area contributed by atoms with Gasteiger partial charge in [0, 0.05) is 26.2 Å². The van der Waals surface area contributed by atoms with E-state index in [0.29, 0.717) is 31.5 Å². The molecular weight excluding hydrogens is 252 g/mol. The molecule has 1 heterocycles. The van der Waals surface area contributed by atoms with Crippen molar-refractivity contribution in [1.82, 2.24) is 9.80 Å². The molecule has 0 bridgehead atoms. The van der Waals surface area contributed by atoms with Crippen molar-refractivity contribution in [3.8, 4) is 0 Å². The first-order valence-corrected chi connectivity index (χ1v) is 7.98. The highest BCUT2D eigenvalue weighted by Gasteiger charge is 2.41. The van der Waals surface area contributed by atoms with Crippen molar-refractivity contribution in [2.45, 2.75) is 53.1 Å². The number of rotatable bonds is 8. The van der Waals surface area contributed by atoms with E-state index in [1.807, 2.05) is 4.90 Å². The van der Waals surface area contributed by atoms with Gasteiger partial charge in [0.05, 0.1) is 12.1 Å². The number of hydrogen-bond acceptors (Lipinski definition) is 3. The van der Waals surface area contributed by atoms with Crippen LogP contribution in [-0.2, 0) is 4.79 Å². The molecule has 0 saturated carbocycles. The van der Waals surface area contributed by atoms with Gasteiger partial charge < -0.3 is 10.0 Å². The normalized spacial score (nSPS) is 18.4. The lowest BCUT2D eigenvalue weighted by atomic mass is 9.89. The molecule has 118 valence electrons. The van der Waals surface area contributed by atoms with Crippen molar-refractivity contribution in [3.05, 3.63) is 0 Å². The zero-order chi connectivity index (χ0) is 15.3. The molecule has 1 aliphatic heterocycles. The highest BCUT2D eigenvalue weighted by atomic mass is 16.3. The third-order valence-corrected chi connectivity index (χ3v) is 3.63. The Bertz CT molecular complexity index is 300. The van der Waals surface area contributed by atoms with E-state index in [0.717, 1.165) is 25.9 Å². The van der Waals surface area contributed by atoms with Crippen molar-refractivity contribution in [2.75, 3.05) is 32.7 Å². The Hall–Kier alpha value is -0.610. The summed E-state index contributed by atoms with van der Waals surface area (Å²) in [5.41, 5.74) is -0.546. The molecule has 20 heavy (non-hydrogen) atoms. The minimum atomic E-state index is -0.546. The van der Waals surface area contributed by atoms with Crippen LogP contribution >= 0.6 is 0 Å². The monoisotopic (exact) mass is 284 g/mol. The van der Waals surface area contributed by atoms with Crippen molar-refractivity contribution in [2.24, 2.45) is 11.8 Å². The van der Waals surface area contributed by atoms with Gasteiger partial charge in [-0.25, -0.2) is 0 Å². The Morgan fingerprint density at radius 1 is 1.20 bits per heavy atom. The van der Waals surface area contributed by atoms with Crippen LogP contribution in [0.5, 0.6) is 0 Å². The van der Waals surface area contributed by atoms with Gasteiger partial charge in [-0.15, -0.1) is 0 Å². The predicted molar refractivity (Wildman–Crippen MR) is 82.6 cm³/mol. The second-order valence-corrected chi connectivity index (χ2v) is 7.21. The zero-order valence-electron chi connectivity index (χ0n) is 13.9. The lowest BCUT2D eigenvalue weighted by molar-refractivity contribution is -0.143. The second-order valence-electron chi connectivity index (χ2n) is 7.21. The van der Waals surface area contributed by atoms with Crippen molar-refractivity contribution >= 4 is 5.91 Å². The van der Waals surface area contributed by atoms with Crippen LogP contribution < -0.4 is 0 Å². The fourth-order valence-corrected chi connectivity index (χ4v) is 2.97. The Labute approximate surface area is 124 Å². The Morgan fingerprint density at radius 3 is 2.10 bits per heavy atom. The topological polar surface area (TPSA) is 43.8 Å². The summed E-state index contributed by atoms with van der Waals surface area (Å²) in [6.07, 6.45) is 1.82. The molecule has 4 nitrogen and oxygen atoms in total. The van der Waals surface area contributed by atoms with E-state index in [1.54, 1.807) is 0 Å². The van der Waals surface area contributed by atoms with E-state index in [-0.39, 0.29) is 5.91 Å². The molecule has 0 aromatic rings. The smallest absolute Gasteiger partial charge is 0.236 e. The van der Waals surface area contributed by atoms with Crippen LogP contribution in [0, 0.1) is 11.8 Å². The molecular formula is C16H32N2O2. The van der Waals surface area contributed by atoms with Crippen LogP contribution in [0.1, 0.15) is 47.5 Å². The number of likely N-dealkylation sites (tertiary alicyclic amines) is 1. The molecule has 1 rings (SSSR count). The maximum absolute atomic E-state index is 12.4. The summed E-state index contributed by atoms with van der Waals surface area (Å²) in [5.74, 6) is 1.18. The third-order valence-electron chi connectivity index (χ3n) is 3.63. The summed E-state index contributed by atoms with van der Waals surface area (Å²) >= 11 is 0. The fraction of sp³-hybridized carbons (Fsp3) is 0.938. The van der Waals surface area contributed by atoms with Gasteiger partial charge in [-0.3, -0.25) is 9.69 Å². The van der Waals surface area contributed by atoms with E-state index in [9.17, 15) is 9.90 Å². The standard InChI is InChI=1S/C16H32N2O2/c1-6-7-16(20)11-17(12-16)10-15(19)18(8-13(2)3)9-14(4)5/h13-14,20H,6-12H2,1-5H3. The summed E-state index contributed by atoms with van der Waals surface area (Å²) in [6.45, 7) is 14.0. The Balaban J connectivity index is 2.43. The molecule has 1 saturated heterocycles. The number of carbonyl (C=O) groups excluding carboxylic acids is 1. The first-order valence-electron chi connectivity index (χ1n) is 7.98. The molecule has 0 radical (unpaired) electrons. The van der Waals surface area contributed by atoms with E-state index < -0.39 is 5.60 Å². The minimum Gasteiger partial charge on any atom is -0.387 e. The first-order chi connectivity index (χ1) is 9.25. The second kappa shape index (κ2) is 7.41. The molecule has 0 aliphatic carbocycles. The first kappa shape index (κ1) is 17.4. The third kappa shape index (κ3) is 5.41. The van der Waals surface area contributed by atoms with Crippen molar-refractivity contribution in [1.29, 1.82) is 0 Å². The van der Waals surface area contributed by atoms with Crippen LogP contribution in [0.3, 0.4) is 0 Å². The van der Waals surface area contributed by atoms with Crippen molar-refractivity contribution < 1.29 is 9.90 Å². The molecule has 0 unspecified atom stereocenters. The number of β-amino-alcohol motifs (C(OH)–C–C–N with tert-alkyl or cyclic N) is 1. The van der Waals surface area contributed by atoms with Crippen LogP contribution in [0.25, 0.3) is 0 Å². The van der Waals surface area contributed by atoms with E-state index >= 15 is 0 Å². The molecule has 1 amide bonds.